The van der Waals surface area contributed by atoms with Gasteiger partial charge in [0, 0.05) is 22.7 Å². The number of alkyl halides is 3. The Balaban J connectivity index is 2.81. The van der Waals surface area contributed by atoms with E-state index in [1.807, 2.05) is 0 Å². The minimum Gasteiger partial charge on any atom is -0.465 e. The molecule has 1 aromatic carbocycles. The van der Waals surface area contributed by atoms with Crippen molar-refractivity contribution in [1.29, 1.82) is 0 Å². The van der Waals surface area contributed by atoms with Crippen LogP contribution in [0.1, 0.15) is 22.8 Å². The summed E-state index contributed by atoms with van der Waals surface area (Å²) in [7, 11) is 1.10. The minimum absolute atomic E-state index is 0.141. The molecule has 0 spiro atoms. The summed E-state index contributed by atoms with van der Waals surface area (Å²) in [4.78, 5) is 26.5. The van der Waals surface area contributed by atoms with E-state index in [9.17, 15) is 22.8 Å². The minimum atomic E-state index is -5.14. The van der Waals surface area contributed by atoms with Crippen molar-refractivity contribution in [2.24, 2.45) is 5.73 Å². The van der Waals surface area contributed by atoms with E-state index in [1.54, 1.807) is 0 Å². The third-order valence-corrected chi connectivity index (χ3v) is 3.58. The summed E-state index contributed by atoms with van der Waals surface area (Å²) in [5.74, 6) is -2.51. The lowest BCUT2D eigenvalue weighted by molar-refractivity contribution is -0.208. The SMILES string of the molecule is CCOC(=O)C(N)(c1c[nH]c2cccc(C(=O)OC)c12)C(F)(F)F. The standard InChI is InChI=1S/C15H15F3N2O4/c1-3-24-13(22)14(19,15(16,17)18)9-7-20-10-6-4-5-8(11(9)10)12(21)23-2/h4-7,20H,3,19H2,1-2H3. The second kappa shape index (κ2) is 6.16. The summed E-state index contributed by atoms with van der Waals surface area (Å²) < 4.78 is 50.0. The van der Waals surface area contributed by atoms with Gasteiger partial charge in [-0.15, -0.1) is 0 Å². The predicted octanol–water partition coefficient (Wildman–Crippen LogP) is 2.23. The third kappa shape index (κ3) is 2.60. The average Bonchev–Trinajstić information content (AvgIpc) is 2.96. The van der Waals surface area contributed by atoms with Crippen LogP contribution in [0.2, 0.25) is 0 Å². The van der Waals surface area contributed by atoms with Crippen LogP contribution in [0.15, 0.2) is 24.4 Å². The Hall–Kier alpha value is -2.55. The first-order valence-corrected chi connectivity index (χ1v) is 6.90. The Bertz CT molecular complexity index is 785. The first-order chi connectivity index (χ1) is 11.2. The van der Waals surface area contributed by atoms with E-state index in [2.05, 4.69) is 14.5 Å². The number of hydrogen-bond acceptors (Lipinski definition) is 5. The van der Waals surface area contributed by atoms with Gasteiger partial charge in [-0.3, -0.25) is 0 Å². The molecule has 0 saturated carbocycles. The van der Waals surface area contributed by atoms with Crippen LogP contribution in [0.5, 0.6) is 0 Å². The number of H-pyrrole nitrogens is 1. The van der Waals surface area contributed by atoms with Crippen LogP contribution in [0, 0.1) is 0 Å². The highest BCUT2D eigenvalue weighted by atomic mass is 19.4. The summed E-state index contributed by atoms with van der Waals surface area (Å²) in [6, 6.07) is 4.20. The van der Waals surface area contributed by atoms with Gasteiger partial charge in [-0.1, -0.05) is 6.07 Å². The highest BCUT2D eigenvalue weighted by Crippen LogP contribution is 2.41. The number of esters is 2. The molecule has 9 heteroatoms. The number of aromatic nitrogens is 1. The fraction of sp³-hybridized carbons (Fsp3) is 0.333. The summed E-state index contributed by atoms with van der Waals surface area (Å²) in [5, 5.41) is -0.141. The maximum atomic E-state index is 13.6. The lowest BCUT2D eigenvalue weighted by Gasteiger charge is -2.29. The van der Waals surface area contributed by atoms with Gasteiger partial charge < -0.3 is 20.2 Å². The van der Waals surface area contributed by atoms with Gasteiger partial charge in [0.05, 0.1) is 19.3 Å². The molecule has 130 valence electrons. The smallest absolute Gasteiger partial charge is 0.421 e. The van der Waals surface area contributed by atoms with E-state index in [1.165, 1.54) is 25.1 Å². The summed E-state index contributed by atoms with van der Waals surface area (Å²) in [6.07, 6.45) is -4.20. The van der Waals surface area contributed by atoms with Crippen LogP contribution >= 0.6 is 0 Å². The van der Waals surface area contributed by atoms with Crippen molar-refractivity contribution in [2.45, 2.75) is 18.6 Å². The number of rotatable bonds is 4. The number of carbonyl (C=O) groups is 2. The normalized spacial score (nSPS) is 14.2. The highest BCUT2D eigenvalue weighted by molar-refractivity contribution is 6.07. The fourth-order valence-electron chi connectivity index (χ4n) is 2.40. The monoisotopic (exact) mass is 344 g/mol. The maximum absolute atomic E-state index is 13.6. The third-order valence-electron chi connectivity index (χ3n) is 3.58. The van der Waals surface area contributed by atoms with Crippen molar-refractivity contribution >= 4 is 22.8 Å². The molecule has 24 heavy (non-hydrogen) atoms. The Morgan fingerprint density at radius 1 is 1.29 bits per heavy atom. The molecule has 6 nitrogen and oxygen atoms in total. The van der Waals surface area contributed by atoms with Crippen LogP contribution < -0.4 is 5.73 Å². The van der Waals surface area contributed by atoms with Gasteiger partial charge >= 0.3 is 18.1 Å². The first kappa shape index (κ1) is 17.8. The van der Waals surface area contributed by atoms with Crippen LogP contribution in [0.3, 0.4) is 0 Å². The Morgan fingerprint density at radius 3 is 2.50 bits per heavy atom. The molecule has 0 bridgehead atoms. The van der Waals surface area contributed by atoms with Gasteiger partial charge in [0.15, 0.2) is 0 Å². The van der Waals surface area contributed by atoms with Crippen molar-refractivity contribution < 1.29 is 32.2 Å². The summed E-state index contributed by atoms with van der Waals surface area (Å²) >= 11 is 0. The second-order valence-electron chi connectivity index (χ2n) is 4.95. The number of fused-ring (bicyclic) bond motifs is 1. The van der Waals surface area contributed by atoms with Gasteiger partial charge in [-0.05, 0) is 19.1 Å². The lowest BCUT2D eigenvalue weighted by atomic mass is 9.88. The zero-order valence-electron chi connectivity index (χ0n) is 12.9. The summed E-state index contributed by atoms with van der Waals surface area (Å²) in [6.45, 7) is 1.09. The van der Waals surface area contributed by atoms with Crippen molar-refractivity contribution in [3.8, 4) is 0 Å². The Morgan fingerprint density at radius 2 is 1.96 bits per heavy atom. The van der Waals surface area contributed by atoms with Gasteiger partial charge in [0.2, 0.25) is 5.54 Å². The molecule has 0 aliphatic heterocycles. The van der Waals surface area contributed by atoms with Gasteiger partial charge in [0.25, 0.3) is 0 Å². The Kier molecular flexibility index (Phi) is 4.57. The van der Waals surface area contributed by atoms with Crippen LogP contribution in [0.25, 0.3) is 10.9 Å². The molecule has 2 rings (SSSR count). The molecule has 0 fully saturated rings. The molecular weight excluding hydrogens is 329 g/mol. The topological polar surface area (TPSA) is 94.4 Å². The van der Waals surface area contributed by atoms with Crippen LogP contribution in [-0.2, 0) is 19.8 Å². The van der Waals surface area contributed by atoms with Crippen molar-refractivity contribution in [1.82, 2.24) is 4.98 Å². The molecule has 1 aromatic heterocycles. The number of carbonyl (C=O) groups excluding carboxylic acids is 2. The van der Waals surface area contributed by atoms with Crippen molar-refractivity contribution in [3.05, 3.63) is 35.5 Å². The van der Waals surface area contributed by atoms with Gasteiger partial charge in [0.1, 0.15) is 0 Å². The van der Waals surface area contributed by atoms with Crippen LogP contribution in [0.4, 0.5) is 13.2 Å². The van der Waals surface area contributed by atoms with E-state index in [4.69, 9.17) is 5.73 Å². The number of ether oxygens (including phenoxy) is 2. The number of aromatic amines is 1. The Labute approximate surface area is 134 Å². The molecule has 1 heterocycles. The largest absolute Gasteiger partial charge is 0.465 e. The van der Waals surface area contributed by atoms with E-state index in [0.717, 1.165) is 13.3 Å². The first-order valence-electron chi connectivity index (χ1n) is 6.90. The number of methoxy groups -OCH3 is 1. The molecular formula is C15H15F3N2O4. The van der Waals surface area contributed by atoms with Crippen molar-refractivity contribution in [2.75, 3.05) is 13.7 Å². The molecule has 0 saturated heterocycles. The zero-order chi connectivity index (χ0) is 18.1. The quantitative estimate of drug-likeness (QED) is 0.830. The molecule has 3 N–H and O–H groups in total. The average molecular weight is 344 g/mol. The number of nitrogens with two attached hydrogens (primary N) is 1. The van der Waals surface area contributed by atoms with E-state index in [-0.39, 0.29) is 23.1 Å². The molecule has 2 aromatic rings. The molecule has 1 unspecified atom stereocenters. The van der Waals surface area contributed by atoms with E-state index in [0.29, 0.717) is 0 Å². The number of halogens is 3. The van der Waals surface area contributed by atoms with E-state index < -0.39 is 29.2 Å². The molecule has 0 radical (unpaired) electrons. The molecule has 0 aliphatic carbocycles. The lowest BCUT2D eigenvalue weighted by Crippen LogP contribution is -2.57. The predicted molar refractivity (Wildman–Crippen MR) is 78.2 cm³/mol. The number of nitrogens with one attached hydrogen (secondary N) is 1. The second-order valence-corrected chi connectivity index (χ2v) is 4.95. The maximum Gasteiger partial charge on any atom is 0.421 e. The van der Waals surface area contributed by atoms with Crippen LogP contribution in [-0.4, -0.2) is 36.8 Å². The molecule has 0 aliphatic rings. The van der Waals surface area contributed by atoms with E-state index >= 15 is 0 Å². The number of benzene rings is 1. The van der Waals surface area contributed by atoms with Crippen molar-refractivity contribution in [3.63, 3.8) is 0 Å². The molecule has 1 atom stereocenters. The fourth-order valence-corrected chi connectivity index (χ4v) is 2.40. The molecule has 0 amide bonds. The highest BCUT2D eigenvalue weighted by Gasteiger charge is 2.61. The van der Waals surface area contributed by atoms with Gasteiger partial charge in [-0.25, -0.2) is 9.59 Å². The van der Waals surface area contributed by atoms with Gasteiger partial charge in [-0.2, -0.15) is 13.2 Å². The summed E-state index contributed by atoms with van der Waals surface area (Å²) in [5.41, 5.74) is 1.50. The number of hydrogen-bond donors (Lipinski definition) is 2. The zero-order valence-corrected chi connectivity index (χ0v) is 12.9.